The molecular weight excluding hydrogens is 138 g/mol. The molecule has 0 saturated heterocycles. The molecule has 1 fully saturated rings. The highest BCUT2D eigenvalue weighted by Crippen LogP contribution is 2.32. The first-order valence-corrected chi connectivity index (χ1v) is 4.52. The van der Waals surface area contributed by atoms with Crippen molar-refractivity contribution in [3.63, 3.8) is 0 Å². The maximum atomic E-state index is 11.3. The van der Waals surface area contributed by atoms with Gasteiger partial charge < -0.3 is 5.73 Å². The van der Waals surface area contributed by atoms with Crippen LogP contribution in [0.5, 0.6) is 0 Å². The smallest absolute Gasteiger partial charge is 0.149 e. The number of Topliss-reactive ketones (excluding diaryl/α,β-unsaturated/α-hetero) is 1. The van der Waals surface area contributed by atoms with Gasteiger partial charge in [0.1, 0.15) is 5.78 Å². The molecule has 2 nitrogen and oxygen atoms in total. The average Bonchev–Trinajstić information content (AvgIpc) is 2.72. The predicted octanol–water partition coefficient (Wildman–Crippen LogP) is 1.48. The highest BCUT2D eigenvalue weighted by molar-refractivity contribution is 5.84. The van der Waals surface area contributed by atoms with E-state index in [1.165, 1.54) is 12.8 Å². The third-order valence-corrected chi connectivity index (χ3v) is 2.20. The van der Waals surface area contributed by atoms with Crippen LogP contribution in [0.1, 0.15) is 39.0 Å². The lowest BCUT2D eigenvalue weighted by atomic mass is 10.0. The van der Waals surface area contributed by atoms with Gasteiger partial charge in [0.2, 0.25) is 0 Å². The molecule has 1 aliphatic carbocycles. The monoisotopic (exact) mass is 155 g/mol. The van der Waals surface area contributed by atoms with Gasteiger partial charge in [-0.1, -0.05) is 13.3 Å². The van der Waals surface area contributed by atoms with Crippen molar-refractivity contribution < 1.29 is 4.79 Å². The molecule has 0 aromatic rings. The van der Waals surface area contributed by atoms with Gasteiger partial charge in [-0.25, -0.2) is 0 Å². The Morgan fingerprint density at radius 3 is 2.73 bits per heavy atom. The van der Waals surface area contributed by atoms with Crippen LogP contribution in [0.4, 0.5) is 0 Å². The summed E-state index contributed by atoms with van der Waals surface area (Å²) in [5.41, 5.74) is 5.65. The normalized spacial score (nSPS) is 19.8. The van der Waals surface area contributed by atoms with Gasteiger partial charge in [-0.05, 0) is 25.2 Å². The highest BCUT2D eigenvalue weighted by Gasteiger charge is 2.26. The van der Waals surface area contributed by atoms with E-state index in [4.69, 9.17) is 5.73 Å². The van der Waals surface area contributed by atoms with E-state index in [0.717, 1.165) is 19.3 Å². The van der Waals surface area contributed by atoms with Gasteiger partial charge in [0.15, 0.2) is 0 Å². The van der Waals surface area contributed by atoms with E-state index in [1.807, 2.05) is 0 Å². The number of rotatable bonds is 5. The minimum atomic E-state index is -0.180. The fourth-order valence-corrected chi connectivity index (χ4v) is 1.23. The topological polar surface area (TPSA) is 43.1 Å². The Kier molecular flexibility index (Phi) is 3.06. The minimum Gasteiger partial charge on any atom is -0.322 e. The lowest BCUT2D eigenvalue weighted by molar-refractivity contribution is -0.120. The Balaban J connectivity index is 2.15. The zero-order valence-electron chi connectivity index (χ0n) is 7.18. The van der Waals surface area contributed by atoms with Crippen LogP contribution in [-0.2, 0) is 4.79 Å². The van der Waals surface area contributed by atoms with Crippen LogP contribution in [0.3, 0.4) is 0 Å². The summed E-state index contributed by atoms with van der Waals surface area (Å²) >= 11 is 0. The van der Waals surface area contributed by atoms with E-state index in [0.29, 0.717) is 5.92 Å². The van der Waals surface area contributed by atoms with Crippen molar-refractivity contribution in [3.05, 3.63) is 0 Å². The molecule has 2 heteroatoms. The maximum Gasteiger partial charge on any atom is 0.149 e. The van der Waals surface area contributed by atoms with Crippen LogP contribution in [-0.4, -0.2) is 11.8 Å². The minimum absolute atomic E-state index is 0.180. The van der Waals surface area contributed by atoms with Gasteiger partial charge in [-0.3, -0.25) is 4.79 Å². The molecule has 0 unspecified atom stereocenters. The molecule has 64 valence electrons. The number of carbonyl (C=O) groups excluding carboxylic acids is 1. The molecule has 0 aromatic carbocycles. The number of hydrogen-bond acceptors (Lipinski definition) is 2. The summed E-state index contributed by atoms with van der Waals surface area (Å²) in [6, 6.07) is -0.180. The van der Waals surface area contributed by atoms with Gasteiger partial charge in [0.05, 0.1) is 6.04 Å². The molecule has 0 bridgehead atoms. The van der Waals surface area contributed by atoms with Gasteiger partial charge >= 0.3 is 0 Å². The first-order valence-electron chi connectivity index (χ1n) is 4.52. The fourth-order valence-electron chi connectivity index (χ4n) is 1.23. The van der Waals surface area contributed by atoms with Crippen LogP contribution in [0, 0.1) is 5.92 Å². The van der Waals surface area contributed by atoms with E-state index in [1.54, 1.807) is 0 Å². The first kappa shape index (κ1) is 8.72. The number of ketones is 1. The summed E-state index contributed by atoms with van der Waals surface area (Å²) in [5, 5.41) is 0. The molecule has 0 radical (unpaired) electrons. The lowest BCUT2D eigenvalue weighted by Gasteiger charge is -2.07. The summed E-state index contributed by atoms with van der Waals surface area (Å²) in [6.07, 6.45) is 5.08. The molecule has 2 N–H and O–H groups in total. The summed E-state index contributed by atoms with van der Waals surface area (Å²) < 4.78 is 0. The molecule has 1 aliphatic rings. The highest BCUT2D eigenvalue weighted by atomic mass is 16.1. The molecule has 0 aliphatic heterocycles. The summed E-state index contributed by atoms with van der Waals surface area (Å²) in [7, 11) is 0. The standard InChI is InChI=1S/C9H17NO/c1-2-3-8(10)9(11)6-7-4-5-7/h7-8H,2-6,10H2,1H3/t8-/m0/s1. The average molecular weight is 155 g/mol. The second-order valence-electron chi connectivity index (χ2n) is 3.51. The van der Waals surface area contributed by atoms with Crippen LogP contribution >= 0.6 is 0 Å². The summed E-state index contributed by atoms with van der Waals surface area (Å²) in [5.74, 6) is 0.958. The van der Waals surface area contributed by atoms with Crippen molar-refractivity contribution >= 4 is 5.78 Å². The second-order valence-corrected chi connectivity index (χ2v) is 3.51. The van der Waals surface area contributed by atoms with Crippen molar-refractivity contribution in [1.29, 1.82) is 0 Å². The van der Waals surface area contributed by atoms with E-state index >= 15 is 0 Å². The third kappa shape index (κ3) is 3.02. The van der Waals surface area contributed by atoms with Crippen molar-refractivity contribution in [3.8, 4) is 0 Å². The van der Waals surface area contributed by atoms with Crippen molar-refractivity contribution in [2.24, 2.45) is 11.7 Å². The van der Waals surface area contributed by atoms with Crippen LogP contribution in [0.2, 0.25) is 0 Å². The zero-order valence-corrected chi connectivity index (χ0v) is 7.18. The summed E-state index contributed by atoms with van der Waals surface area (Å²) in [6.45, 7) is 2.06. The third-order valence-electron chi connectivity index (χ3n) is 2.20. The van der Waals surface area contributed by atoms with Crippen molar-refractivity contribution in [2.75, 3.05) is 0 Å². The van der Waals surface area contributed by atoms with E-state index in [9.17, 15) is 4.79 Å². The summed E-state index contributed by atoms with van der Waals surface area (Å²) in [4.78, 5) is 11.3. The van der Waals surface area contributed by atoms with Gasteiger partial charge in [-0.2, -0.15) is 0 Å². The zero-order chi connectivity index (χ0) is 8.27. The predicted molar refractivity (Wildman–Crippen MR) is 45.2 cm³/mol. The molecule has 11 heavy (non-hydrogen) atoms. The lowest BCUT2D eigenvalue weighted by Crippen LogP contribution is -2.30. The second kappa shape index (κ2) is 3.86. The Hall–Kier alpha value is -0.370. The van der Waals surface area contributed by atoms with Gasteiger partial charge in [0, 0.05) is 6.42 Å². The SMILES string of the molecule is CCC[C@H](N)C(=O)CC1CC1. The molecule has 1 saturated carbocycles. The number of hydrogen-bond donors (Lipinski definition) is 1. The fraction of sp³-hybridized carbons (Fsp3) is 0.889. The van der Waals surface area contributed by atoms with Gasteiger partial charge in [-0.15, -0.1) is 0 Å². The molecule has 0 aromatic heterocycles. The van der Waals surface area contributed by atoms with Crippen molar-refractivity contribution in [2.45, 2.75) is 45.1 Å². The Morgan fingerprint density at radius 1 is 1.64 bits per heavy atom. The molecule has 1 rings (SSSR count). The Bertz CT molecular complexity index is 140. The van der Waals surface area contributed by atoms with Crippen molar-refractivity contribution in [1.82, 2.24) is 0 Å². The van der Waals surface area contributed by atoms with Crippen LogP contribution in [0.15, 0.2) is 0 Å². The molecular formula is C9H17NO. The molecule has 0 heterocycles. The molecule has 1 atom stereocenters. The number of carbonyl (C=O) groups is 1. The van der Waals surface area contributed by atoms with E-state index in [-0.39, 0.29) is 11.8 Å². The van der Waals surface area contributed by atoms with E-state index in [2.05, 4.69) is 6.92 Å². The quantitative estimate of drug-likeness (QED) is 0.653. The Labute approximate surface area is 68.2 Å². The molecule has 0 amide bonds. The maximum absolute atomic E-state index is 11.3. The largest absolute Gasteiger partial charge is 0.322 e. The van der Waals surface area contributed by atoms with Crippen LogP contribution < -0.4 is 5.73 Å². The molecule has 0 spiro atoms. The van der Waals surface area contributed by atoms with Crippen LogP contribution in [0.25, 0.3) is 0 Å². The first-order chi connectivity index (χ1) is 5.24. The number of nitrogens with two attached hydrogens (primary N) is 1. The van der Waals surface area contributed by atoms with E-state index < -0.39 is 0 Å². The Morgan fingerprint density at radius 2 is 2.27 bits per heavy atom. The van der Waals surface area contributed by atoms with Gasteiger partial charge in [0.25, 0.3) is 0 Å².